The molecule has 3 heterocycles. The molecule has 1 aliphatic carbocycles. The molecule has 0 bridgehead atoms. The average molecular weight is 345 g/mol. The Morgan fingerprint density at radius 3 is 2.76 bits per heavy atom. The summed E-state index contributed by atoms with van der Waals surface area (Å²) in [7, 11) is 1.63. The lowest BCUT2D eigenvalue weighted by Gasteiger charge is -2.14. The van der Waals surface area contributed by atoms with Crippen molar-refractivity contribution in [3.63, 3.8) is 0 Å². The van der Waals surface area contributed by atoms with Crippen molar-refractivity contribution < 1.29 is 13.9 Å². The molecular weight excluding hydrogens is 322 g/mol. The number of nitrogens with zero attached hydrogens (tertiary/aromatic N) is 4. The minimum atomic E-state index is -0.0600. The molecular formula is C17H23N5O3. The van der Waals surface area contributed by atoms with Crippen molar-refractivity contribution in [2.45, 2.75) is 39.2 Å². The van der Waals surface area contributed by atoms with Crippen LogP contribution in [0, 0.1) is 25.7 Å². The van der Waals surface area contributed by atoms with Gasteiger partial charge >= 0.3 is 0 Å². The molecule has 2 fully saturated rings. The molecule has 4 rings (SSSR count). The van der Waals surface area contributed by atoms with E-state index < -0.39 is 0 Å². The van der Waals surface area contributed by atoms with Gasteiger partial charge in [-0.05, 0) is 31.6 Å². The van der Waals surface area contributed by atoms with Crippen molar-refractivity contribution in [3.8, 4) is 0 Å². The van der Waals surface area contributed by atoms with Gasteiger partial charge in [-0.25, -0.2) is 9.97 Å². The highest BCUT2D eigenvalue weighted by atomic mass is 16.5. The molecule has 25 heavy (non-hydrogen) atoms. The number of aromatic amines is 1. The Hall–Kier alpha value is -2.22. The third-order valence-corrected chi connectivity index (χ3v) is 5.15. The third kappa shape index (κ3) is 3.06. The van der Waals surface area contributed by atoms with Gasteiger partial charge in [0.1, 0.15) is 12.4 Å². The predicted octanol–water partition coefficient (Wildman–Crippen LogP) is 1.82. The lowest BCUT2D eigenvalue weighted by atomic mass is 9.91. The second kappa shape index (κ2) is 6.25. The molecule has 0 radical (unpaired) electrons. The Kier molecular flexibility index (Phi) is 4.07. The largest absolute Gasteiger partial charge is 0.445 e. The first-order valence-electron chi connectivity index (χ1n) is 8.70. The fourth-order valence-electron chi connectivity index (χ4n) is 3.82. The van der Waals surface area contributed by atoms with Gasteiger partial charge < -0.3 is 14.1 Å². The monoisotopic (exact) mass is 345 g/mol. The maximum Gasteiger partial charge on any atom is 0.276 e. The van der Waals surface area contributed by atoms with Crippen molar-refractivity contribution in [3.05, 3.63) is 29.0 Å². The number of carbonyl (C=O) groups excluding carboxylic acids is 1. The van der Waals surface area contributed by atoms with E-state index >= 15 is 0 Å². The van der Waals surface area contributed by atoms with E-state index in [1.165, 1.54) is 12.8 Å². The Morgan fingerprint density at radius 1 is 1.32 bits per heavy atom. The maximum absolute atomic E-state index is 12.9. The topological polar surface area (TPSA) is 97.1 Å². The molecule has 0 spiro atoms. The molecule has 0 aromatic carbocycles. The van der Waals surface area contributed by atoms with Crippen LogP contribution in [0.5, 0.6) is 0 Å². The zero-order valence-corrected chi connectivity index (χ0v) is 14.8. The Bertz CT molecular complexity index is 779. The first-order chi connectivity index (χ1) is 12.1. The number of H-pyrrole nitrogens is 1. The summed E-state index contributed by atoms with van der Waals surface area (Å²) in [5.74, 6) is 3.77. The van der Waals surface area contributed by atoms with Crippen LogP contribution >= 0.6 is 0 Å². The van der Waals surface area contributed by atoms with E-state index in [1.54, 1.807) is 21.0 Å². The first kappa shape index (κ1) is 16.3. The van der Waals surface area contributed by atoms with Crippen molar-refractivity contribution in [1.82, 2.24) is 25.1 Å². The molecule has 2 aromatic rings. The number of oxazole rings is 1. The highest BCUT2D eigenvalue weighted by molar-refractivity contribution is 5.93. The van der Waals surface area contributed by atoms with Crippen molar-refractivity contribution in [2.75, 3.05) is 20.2 Å². The van der Waals surface area contributed by atoms with E-state index in [9.17, 15) is 4.79 Å². The second-order valence-corrected chi connectivity index (χ2v) is 7.03. The number of likely N-dealkylation sites (tertiary alicyclic amines) is 1. The van der Waals surface area contributed by atoms with E-state index in [1.807, 2.05) is 4.90 Å². The lowest BCUT2D eigenvalue weighted by Crippen LogP contribution is -2.30. The van der Waals surface area contributed by atoms with Gasteiger partial charge in [-0.15, -0.1) is 0 Å². The number of methoxy groups -OCH3 is 1. The molecule has 1 N–H and O–H groups in total. The molecule has 2 aliphatic rings. The Labute approximate surface area is 146 Å². The Balaban J connectivity index is 1.56. The summed E-state index contributed by atoms with van der Waals surface area (Å²) in [6.45, 7) is 5.30. The molecule has 1 amide bonds. The SMILES string of the molecule is COCc1nc([C@H]2CN(C(=O)c3nc(C)oc3C)C[C@@H]2C2CC2)n[nH]1. The standard InChI is InChI=1S/C17H23N5O3/c1-9-15(18-10(2)25-9)17(23)22-6-12(11-4-5-11)13(7-22)16-19-14(8-24-3)20-21-16/h11-13H,4-8H2,1-3H3,(H,19,20,21)/t12-,13+/m1/s1. The fraction of sp³-hybridized carbons (Fsp3) is 0.647. The van der Waals surface area contributed by atoms with Gasteiger partial charge in [0, 0.05) is 33.0 Å². The van der Waals surface area contributed by atoms with Crippen LogP contribution in [-0.2, 0) is 11.3 Å². The molecule has 134 valence electrons. The van der Waals surface area contributed by atoms with Gasteiger partial charge in [0.2, 0.25) is 0 Å². The van der Waals surface area contributed by atoms with Crippen LogP contribution < -0.4 is 0 Å². The Morgan fingerprint density at radius 2 is 2.12 bits per heavy atom. The van der Waals surface area contributed by atoms with Crippen LogP contribution in [0.1, 0.15) is 52.5 Å². The summed E-state index contributed by atoms with van der Waals surface area (Å²) in [6.07, 6.45) is 2.45. The summed E-state index contributed by atoms with van der Waals surface area (Å²) in [6, 6.07) is 0. The fourth-order valence-corrected chi connectivity index (χ4v) is 3.82. The van der Waals surface area contributed by atoms with Gasteiger partial charge in [-0.3, -0.25) is 9.89 Å². The van der Waals surface area contributed by atoms with Crippen molar-refractivity contribution >= 4 is 5.91 Å². The van der Waals surface area contributed by atoms with E-state index in [0.29, 0.717) is 42.3 Å². The second-order valence-electron chi connectivity index (χ2n) is 7.03. The minimum absolute atomic E-state index is 0.0600. The molecule has 2 atom stereocenters. The zero-order valence-electron chi connectivity index (χ0n) is 14.8. The van der Waals surface area contributed by atoms with E-state index in [-0.39, 0.29) is 11.8 Å². The summed E-state index contributed by atoms with van der Waals surface area (Å²) in [4.78, 5) is 23.6. The van der Waals surface area contributed by atoms with Gasteiger partial charge in [-0.2, -0.15) is 5.10 Å². The maximum atomic E-state index is 12.9. The number of aromatic nitrogens is 4. The molecule has 1 saturated carbocycles. The number of rotatable bonds is 5. The quantitative estimate of drug-likeness (QED) is 0.888. The molecule has 2 aromatic heterocycles. The molecule has 8 nitrogen and oxygen atoms in total. The van der Waals surface area contributed by atoms with Crippen LogP contribution in [0.25, 0.3) is 0 Å². The summed E-state index contributed by atoms with van der Waals surface area (Å²) in [5, 5.41) is 7.31. The van der Waals surface area contributed by atoms with E-state index in [4.69, 9.17) is 9.15 Å². The highest BCUT2D eigenvalue weighted by Crippen LogP contribution is 2.47. The van der Waals surface area contributed by atoms with Gasteiger partial charge in [-0.1, -0.05) is 0 Å². The summed E-state index contributed by atoms with van der Waals surface area (Å²) < 4.78 is 10.5. The van der Waals surface area contributed by atoms with E-state index in [0.717, 1.165) is 18.2 Å². The summed E-state index contributed by atoms with van der Waals surface area (Å²) in [5.41, 5.74) is 0.419. The average Bonchev–Trinajstić information content (AvgIpc) is 3.01. The number of amides is 1. The number of ether oxygens (including phenoxy) is 1. The number of hydrogen-bond acceptors (Lipinski definition) is 6. The van der Waals surface area contributed by atoms with Crippen molar-refractivity contribution in [1.29, 1.82) is 0 Å². The van der Waals surface area contributed by atoms with Crippen LogP contribution in [0.15, 0.2) is 4.42 Å². The molecule has 1 saturated heterocycles. The van der Waals surface area contributed by atoms with Gasteiger partial charge in [0.15, 0.2) is 23.2 Å². The van der Waals surface area contributed by atoms with Crippen LogP contribution in [-0.4, -0.2) is 51.2 Å². The number of hydrogen-bond donors (Lipinski definition) is 1. The van der Waals surface area contributed by atoms with Gasteiger partial charge in [0.25, 0.3) is 5.91 Å². The number of aryl methyl sites for hydroxylation is 2. The molecule has 1 aliphatic heterocycles. The van der Waals surface area contributed by atoms with Gasteiger partial charge in [0.05, 0.1) is 0 Å². The molecule has 0 unspecified atom stereocenters. The van der Waals surface area contributed by atoms with Crippen molar-refractivity contribution in [2.24, 2.45) is 11.8 Å². The highest BCUT2D eigenvalue weighted by Gasteiger charge is 2.46. The minimum Gasteiger partial charge on any atom is -0.445 e. The molecule has 8 heteroatoms. The third-order valence-electron chi connectivity index (χ3n) is 5.15. The predicted molar refractivity (Wildman–Crippen MR) is 87.9 cm³/mol. The van der Waals surface area contributed by atoms with Crippen LogP contribution in [0.4, 0.5) is 0 Å². The lowest BCUT2D eigenvalue weighted by molar-refractivity contribution is 0.0777. The number of carbonyl (C=O) groups is 1. The number of nitrogens with one attached hydrogen (secondary N) is 1. The zero-order chi connectivity index (χ0) is 17.6. The summed E-state index contributed by atoms with van der Waals surface area (Å²) >= 11 is 0. The van der Waals surface area contributed by atoms with Crippen LogP contribution in [0.2, 0.25) is 0 Å². The van der Waals surface area contributed by atoms with Crippen LogP contribution in [0.3, 0.4) is 0 Å². The first-order valence-corrected chi connectivity index (χ1v) is 8.70. The normalized spacial score (nSPS) is 23.4. The smallest absolute Gasteiger partial charge is 0.276 e. The van der Waals surface area contributed by atoms with E-state index in [2.05, 4.69) is 20.2 Å².